The molecule has 0 radical (unpaired) electrons. The molecule has 0 aliphatic rings. The van der Waals surface area contributed by atoms with E-state index in [9.17, 15) is 14.0 Å². The number of benzene rings is 3. The van der Waals surface area contributed by atoms with E-state index in [4.69, 9.17) is 4.74 Å². The Balaban J connectivity index is 1.29. The highest BCUT2D eigenvalue weighted by Gasteiger charge is 2.15. The second kappa shape index (κ2) is 12.5. The van der Waals surface area contributed by atoms with Crippen LogP contribution in [0.2, 0.25) is 0 Å². The van der Waals surface area contributed by atoms with E-state index in [1.807, 2.05) is 44.3 Å². The number of nitrogens with zero attached hydrogens (tertiary/aromatic N) is 4. The highest BCUT2D eigenvalue weighted by Crippen LogP contribution is 2.29. The van der Waals surface area contributed by atoms with E-state index in [2.05, 4.69) is 20.7 Å². The standard InChI is InChI=1S/C32H31FN6O3/c1-4-38(3)31(41)24-12-16-27(28(18-24)42-5-2)35-32-36-29-17-13-25(20-39(29)37-32)22-8-10-23(11-9-22)30(40)34-19-21-6-14-26(33)15-7-21/h6-18,20H,4-5,19H2,1-3H3,(H,34,40)(H,35,37). The Labute approximate surface area is 243 Å². The highest BCUT2D eigenvalue weighted by molar-refractivity contribution is 5.95. The second-order valence-electron chi connectivity index (χ2n) is 9.63. The number of hydrogen-bond donors (Lipinski definition) is 2. The first-order valence-corrected chi connectivity index (χ1v) is 13.6. The lowest BCUT2D eigenvalue weighted by Crippen LogP contribution is -2.26. The normalized spacial score (nSPS) is 10.9. The predicted molar refractivity (Wildman–Crippen MR) is 160 cm³/mol. The molecule has 0 bridgehead atoms. The fraction of sp³-hybridized carbons (Fsp3) is 0.188. The average molecular weight is 567 g/mol. The van der Waals surface area contributed by atoms with Gasteiger partial charge in [0.2, 0.25) is 5.95 Å². The molecule has 2 heterocycles. The van der Waals surface area contributed by atoms with E-state index < -0.39 is 0 Å². The van der Waals surface area contributed by atoms with Gasteiger partial charge < -0.3 is 20.3 Å². The van der Waals surface area contributed by atoms with Crippen LogP contribution >= 0.6 is 0 Å². The summed E-state index contributed by atoms with van der Waals surface area (Å²) in [6.45, 7) is 5.16. The van der Waals surface area contributed by atoms with Crippen LogP contribution in [0.4, 0.5) is 16.0 Å². The molecule has 5 aromatic rings. The summed E-state index contributed by atoms with van der Waals surface area (Å²) in [6.07, 6.45) is 1.86. The fourth-order valence-electron chi connectivity index (χ4n) is 4.33. The minimum atomic E-state index is -0.313. The van der Waals surface area contributed by atoms with Crippen molar-refractivity contribution < 1.29 is 18.7 Å². The van der Waals surface area contributed by atoms with Gasteiger partial charge in [-0.05, 0) is 79.6 Å². The SMILES string of the molecule is CCOc1cc(C(=O)N(C)CC)ccc1Nc1nc2ccc(-c3ccc(C(=O)NCc4ccc(F)cc4)cc3)cn2n1. The average Bonchev–Trinajstić information content (AvgIpc) is 3.42. The van der Waals surface area contributed by atoms with Gasteiger partial charge in [0.25, 0.3) is 11.8 Å². The van der Waals surface area contributed by atoms with Gasteiger partial charge in [0.05, 0.1) is 12.3 Å². The molecule has 0 aliphatic carbocycles. The third-order valence-electron chi connectivity index (χ3n) is 6.77. The van der Waals surface area contributed by atoms with Gasteiger partial charge in [0.15, 0.2) is 5.65 Å². The Morgan fingerprint density at radius 2 is 1.64 bits per heavy atom. The zero-order chi connectivity index (χ0) is 29.6. The minimum absolute atomic E-state index is 0.0814. The molecule has 0 fully saturated rings. The Kier molecular flexibility index (Phi) is 8.42. The predicted octanol–water partition coefficient (Wildman–Crippen LogP) is 5.70. The van der Waals surface area contributed by atoms with E-state index >= 15 is 0 Å². The molecule has 0 spiro atoms. The van der Waals surface area contributed by atoms with Crippen molar-refractivity contribution in [1.29, 1.82) is 0 Å². The van der Waals surface area contributed by atoms with Gasteiger partial charge in [-0.1, -0.05) is 24.3 Å². The van der Waals surface area contributed by atoms with Crippen molar-refractivity contribution in [3.05, 3.63) is 108 Å². The molecule has 214 valence electrons. The van der Waals surface area contributed by atoms with Crippen LogP contribution in [0, 0.1) is 5.82 Å². The van der Waals surface area contributed by atoms with Crippen molar-refractivity contribution in [1.82, 2.24) is 24.8 Å². The largest absolute Gasteiger partial charge is 0.492 e. The van der Waals surface area contributed by atoms with Crippen molar-refractivity contribution in [3.63, 3.8) is 0 Å². The van der Waals surface area contributed by atoms with Crippen molar-refractivity contribution in [2.45, 2.75) is 20.4 Å². The number of anilines is 2. The van der Waals surface area contributed by atoms with Crippen LogP contribution in [0.15, 0.2) is 85.1 Å². The molecule has 10 heteroatoms. The Morgan fingerprint density at radius 1 is 0.929 bits per heavy atom. The van der Waals surface area contributed by atoms with Crippen LogP contribution < -0.4 is 15.4 Å². The maximum absolute atomic E-state index is 13.1. The summed E-state index contributed by atoms with van der Waals surface area (Å²) >= 11 is 0. The second-order valence-corrected chi connectivity index (χ2v) is 9.63. The van der Waals surface area contributed by atoms with Crippen LogP contribution in [-0.2, 0) is 6.54 Å². The minimum Gasteiger partial charge on any atom is -0.492 e. The van der Waals surface area contributed by atoms with Gasteiger partial charge in [0, 0.05) is 43.0 Å². The summed E-state index contributed by atoms with van der Waals surface area (Å²) in [6, 6.07) is 22.3. The molecule has 2 aromatic heterocycles. The number of halogens is 1. The third-order valence-corrected chi connectivity index (χ3v) is 6.77. The van der Waals surface area contributed by atoms with Gasteiger partial charge in [-0.2, -0.15) is 4.98 Å². The summed E-state index contributed by atoms with van der Waals surface area (Å²) in [5.74, 6) is 0.310. The van der Waals surface area contributed by atoms with Crippen LogP contribution in [0.1, 0.15) is 40.1 Å². The zero-order valence-electron chi connectivity index (χ0n) is 23.6. The summed E-state index contributed by atoms with van der Waals surface area (Å²) < 4.78 is 20.6. The monoisotopic (exact) mass is 566 g/mol. The zero-order valence-corrected chi connectivity index (χ0v) is 23.6. The van der Waals surface area contributed by atoms with Crippen molar-refractivity contribution >= 4 is 29.1 Å². The molecular formula is C32H31FN6O3. The summed E-state index contributed by atoms with van der Waals surface area (Å²) in [4.78, 5) is 31.4. The highest BCUT2D eigenvalue weighted by atomic mass is 19.1. The molecule has 0 saturated carbocycles. The first-order valence-electron chi connectivity index (χ1n) is 13.6. The maximum Gasteiger partial charge on any atom is 0.253 e. The summed E-state index contributed by atoms with van der Waals surface area (Å²) in [5.41, 5.74) is 4.98. The van der Waals surface area contributed by atoms with Crippen LogP contribution in [0.5, 0.6) is 5.75 Å². The molecule has 2 N–H and O–H groups in total. The molecule has 42 heavy (non-hydrogen) atoms. The molecular weight excluding hydrogens is 535 g/mol. The Hall–Kier alpha value is -5.25. The van der Waals surface area contributed by atoms with E-state index in [0.717, 1.165) is 16.7 Å². The third kappa shape index (κ3) is 6.38. The van der Waals surface area contributed by atoms with Crippen LogP contribution in [0.25, 0.3) is 16.8 Å². The smallest absolute Gasteiger partial charge is 0.253 e. The lowest BCUT2D eigenvalue weighted by molar-refractivity contribution is 0.0801. The van der Waals surface area contributed by atoms with Gasteiger partial charge in [0.1, 0.15) is 11.6 Å². The molecule has 0 atom stereocenters. The number of fused-ring (bicyclic) bond motifs is 1. The first-order chi connectivity index (χ1) is 20.3. The lowest BCUT2D eigenvalue weighted by Gasteiger charge is -2.16. The number of ether oxygens (including phenoxy) is 1. The van der Waals surface area contributed by atoms with Crippen LogP contribution in [-0.4, -0.2) is 51.5 Å². The number of amides is 2. The summed E-state index contributed by atoms with van der Waals surface area (Å²) in [5, 5.41) is 10.6. The molecule has 3 aromatic carbocycles. The molecule has 2 amide bonds. The first kappa shape index (κ1) is 28.3. The number of hydrogen-bond acceptors (Lipinski definition) is 6. The lowest BCUT2D eigenvalue weighted by atomic mass is 10.1. The molecule has 5 rings (SSSR count). The van der Waals surface area contributed by atoms with Gasteiger partial charge in [-0.25, -0.2) is 8.91 Å². The number of aromatic nitrogens is 3. The van der Waals surface area contributed by atoms with E-state index in [1.54, 1.807) is 58.9 Å². The Morgan fingerprint density at radius 3 is 2.36 bits per heavy atom. The number of carbonyl (C=O) groups excluding carboxylic acids is 2. The van der Waals surface area contributed by atoms with E-state index in [0.29, 0.717) is 53.9 Å². The van der Waals surface area contributed by atoms with E-state index in [-0.39, 0.29) is 17.6 Å². The van der Waals surface area contributed by atoms with Crippen LogP contribution in [0.3, 0.4) is 0 Å². The van der Waals surface area contributed by atoms with Crippen molar-refractivity contribution in [3.8, 4) is 16.9 Å². The maximum atomic E-state index is 13.1. The number of nitrogens with one attached hydrogen (secondary N) is 2. The number of rotatable bonds is 10. The van der Waals surface area contributed by atoms with Gasteiger partial charge in [-0.15, -0.1) is 5.10 Å². The molecule has 0 unspecified atom stereocenters. The molecule has 0 aliphatic heterocycles. The molecule has 9 nitrogen and oxygen atoms in total. The number of carbonyl (C=O) groups is 2. The summed E-state index contributed by atoms with van der Waals surface area (Å²) in [7, 11) is 1.76. The van der Waals surface area contributed by atoms with Gasteiger partial charge >= 0.3 is 0 Å². The van der Waals surface area contributed by atoms with Gasteiger partial charge in [-0.3, -0.25) is 9.59 Å². The van der Waals surface area contributed by atoms with E-state index in [1.165, 1.54) is 12.1 Å². The quantitative estimate of drug-likeness (QED) is 0.225. The van der Waals surface area contributed by atoms with Crippen molar-refractivity contribution in [2.75, 3.05) is 25.5 Å². The molecule has 0 saturated heterocycles. The number of pyridine rings is 1. The topological polar surface area (TPSA) is 101 Å². The fourth-order valence-corrected chi connectivity index (χ4v) is 4.33. The Bertz CT molecular complexity index is 1720. The van der Waals surface area contributed by atoms with Crippen molar-refractivity contribution in [2.24, 2.45) is 0 Å².